The highest BCUT2D eigenvalue weighted by molar-refractivity contribution is 7.99. The third-order valence-electron chi connectivity index (χ3n) is 3.21. The van der Waals surface area contributed by atoms with Crippen molar-refractivity contribution in [3.63, 3.8) is 0 Å². The number of hydrogen-bond donors (Lipinski definition) is 1. The van der Waals surface area contributed by atoms with Crippen LogP contribution in [0, 0.1) is 5.92 Å². The minimum atomic E-state index is -0.419. The topological polar surface area (TPSA) is 65.2 Å². The number of carbonyl (C=O) groups excluding carboxylic acids is 1. The van der Waals surface area contributed by atoms with E-state index in [4.69, 9.17) is 5.73 Å². The minimum absolute atomic E-state index is 0.320. The Morgan fingerprint density at radius 3 is 2.89 bits per heavy atom. The van der Waals surface area contributed by atoms with E-state index < -0.39 is 5.97 Å². The fraction of sp³-hybridized carbons (Fsp3) is 0.538. The summed E-state index contributed by atoms with van der Waals surface area (Å²) < 4.78 is 4.66. The number of esters is 1. The van der Waals surface area contributed by atoms with Crippen molar-refractivity contribution in [3.05, 3.63) is 17.8 Å². The molecule has 1 aliphatic rings. The van der Waals surface area contributed by atoms with Crippen LogP contribution in [0.25, 0.3) is 0 Å². The normalized spacial score (nSPS) is 15.8. The standard InChI is InChI=1S/C13H18N2O2S/c1-17-13(16)11-7-6-10(14)12(15-11)18-8-9-4-2-3-5-9/h6-7,9H,2-5,8,14H2,1H3. The van der Waals surface area contributed by atoms with Gasteiger partial charge in [-0.05, 0) is 30.9 Å². The molecule has 1 aliphatic carbocycles. The summed E-state index contributed by atoms with van der Waals surface area (Å²) in [6.45, 7) is 0. The van der Waals surface area contributed by atoms with Crippen LogP contribution < -0.4 is 5.73 Å². The van der Waals surface area contributed by atoms with E-state index in [-0.39, 0.29) is 0 Å². The van der Waals surface area contributed by atoms with Crippen molar-refractivity contribution in [3.8, 4) is 0 Å². The van der Waals surface area contributed by atoms with Crippen molar-refractivity contribution in [1.29, 1.82) is 0 Å². The fourth-order valence-electron chi connectivity index (χ4n) is 2.16. The van der Waals surface area contributed by atoms with E-state index in [0.717, 1.165) is 16.7 Å². The Morgan fingerprint density at radius 2 is 2.22 bits per heavy atom. The van der Waals surface area contributed by atoms with Crippen LogP contribution in [0.4, 0.5) is 5.69 Å². The Balaban J connectivity index is 2.03. The van der Waals surface area contributed by atoms with E-state index in [0.29, 0.717) is 11.4 Å². The van der Waals surface area contributed by atoms with Gasteiger partial charge in [0.05, 0.1) is 12.8 Å². The van der Waals surface area contributed by atoms with Crippen LogP contribution in [0.2, 0.25) is 0 Å². The molecule has 1 fully saturated rings. The number of thioether (sulfide) groups is 1. The molecule has 0 aromatic carbocycles. The van der Waals surface area contributed by atoms with E-state index in [1.54, 1.807) is 23.9 Å². The van der Waals surface area contributed by atoms with Crippen LogP contribution >= 0.6 is 11.8 Å². The smallest absolute Gasteiger partial charge is 0.356 e. The van der Waals surface area contributed by atoms with Gasteiger partial charge < -0.3 is 10.5 Å². The van der Waals surface area contributed by atoms with E-state index in [2.05, 4.69) is 9.72 Å². The maximum Gasteiger partial charge on any atom is 0.356 e. The molecular formula is C13H18N2O2S. The molecular weight excluding hydrogens is 248 g/mol. The largest absolute Gasteiger partial charge is 0.464 e. The monoisotopic (exact) mass is 266 g/mol. The molecule has 0 spiro atoms. The molecule has 0 unspecified atom stereocenters. The predicted molar refractivity (Wildman–Crippen MR) is 72.7 cm³/mol. The molecule has 2 N–H and O–H groups in total. The van der Waals surface area contributed by atoms with Gasteiger partial charge in [0.25, 0.3) is 0 Å². The number of nitrogens with two attached hydrogens (primary N) is 1. The number of aromatic nitrogens is 1. The highest BCUT2D eigenvalue weighted by Crippen LogP contribution is 2.32. The van der Waals surface area contributed by atoms with Gasteiger partial charge in [-0.3, -0.25) is 0 Å². The van der Waals surface area contributed by atoms with Crippen molar-refractivity contribution >= 4 is 23.4 Å². The minimum Gasteiger partial charge on any atom is -0.464 e. The van der Waals surface area contributed by atoms with Gasteiger partial charge in [0, 0.05) is 5.75 Å². The number of ether oxygens (including phenoxy) is 1. The number of anilines is 1. The molecule has 98 valence electrons. The first-order valence-electron chi connectivity index (χ1n) is 6.18. The summed E-state index contributed by atoms with van der Waals surface area (Å²) >= 11 is 1.64. The van der Waals surface area contributed by atoms with Gasteiger partial charge in [-0.2, -0.15) is 0 Å². The average molecular weight is 266 g/mol. The lowest BCUT2D eigenvalue weighted by atomic mass is 10.1. The molecule has 5 heteroatoms. The lowest BCUT2D eigenvalue weighted by molar-refractivity contribution is 0.0593. The molecule has 2 rings (SSSR count). The van der Waals surface area contributed by atoms with Crippen molar-refractivity contribution in [2.24, 2.45) is 5.92 Å². The van der Waals surface area contributed by atoms with E-state index >= 15 is 0 Å². The summed E-state index contributed by atoms with van der Waals surface area (Å²) in [5, 5.41) is 0.741. The number of nitrogens with zero attached hydrogens (tertiary/aromatic N) is 1. The second kappa shape index (κ2) is 6.09. The fourth-order valence-corrected chi connectivity index (χ4v) is 3.28. The van der Waals surface area contributed by atoms with Gasteiger partial charge in [-0.25, -0.2) is 9.78 Å². The quantitative estimate of drug-likeness (QED) is 0.670. The zero-order valence-corrected chi connectivity index (χ0v) is 11.3. The van der Waals surface area contributed by atoms with Crippen LogP contribution in [0.5, 0.6) is 0 Å². The van der Waals surface area contributed by atoms with Crippen molar-refractivity contribution in [2.45, 2.75) is 30.7 Å². The summed E-state index contributed by atoms with van der Waals surface area (Å²) in [5.41, 5.74) is 6.83. The lowest BCUT2D eigenvalue weighted by Gasteiger charge is -2.10. The predicted octanol–water partition coefficient (Wildman–Crippen LogP) is 2.73. The molecule has 1 saturated carbocycles. The zero-order chi connectivity index (χ0) is 13.0. The van der Waals surface area contributed by atoms with Crippen LogP contribution in [0.15, 0.2) is 17.2 Å². The Bertz CT molecular complexity index is 431. The van der Waals surface area contributed by atoms with Gasteiger partial charge >= 0.3 is 5.97 Å². The van der Waals surface area contributed by atoms with Gasteiger partial charge in [0.2, 0.25) is 0 Å². The highest BCUT2D eigenvalue weighted by Gasteiger charge is 2.17. The van der Waals surface area contributed by atoms with E-state index in [9.17, 15) is 4.79 Å². The summed E-state index contributed by atoms with van der Waals surface area (Å²) in [5.74, 6) is 1.37. The van der Waals surface area contributed by atoms with Gasteiger partial charge in [0.15, 0.2) is 0 Å². The number of hydrogen-bond acceptors (Lipinski definition) is 5. The van der Waals surface area contributed by atoms with Crippen LogP contribution in [0.3, 0.4) is 0 Å². The van der Waals surface area contributed by atoms with Gasteiger partial charge in [0.1, 0.15) is 10.7 Å². The molecule has 1 aromatic rings. The highest BCUT2D eigenvalue weighted by atomic mass is 32.2. The van der Waals surface area contributed by atoms with Crippen LogP contribution in [-0.4, -0.2) is 23.8 Å². The molecule has 0 aliphatic heterocycles. The Labute approximate surface area is 111 Å². The van der Waals surface area contributed by atoms with Crippen molar-refractivity contribution in [2.75, 3.05) is 18.6 Å². The Kier molecular flexibility index (Phi) is 4.47. The second-order valence-corrected chi connectivity index (χ2v) is 5.55. The van der Waals surface area contributed by atoms with Crippen molar-refractivity contribution in [1.82, 2.24) is 4.98 Å². The molecule has 0 radical (unpaired) electrons. The van der Waals surface area contributed by atoms with Crippen LogP contribution in [-0.2, 0) is 4.74 Å². The number of nitrogen functional groups attached to an aromatic ring is 1. The molecule has 0 amide bonds. The van der Waals surface area contributed by atoms with E-state index in [1.807, 2.05) is 0 Å². The number of rotatable bonds is 4. The number of pyridine rings is 1. The first-order chi connectivity index (χ1) is 8.70. The van der Waals surface area contributed by atoms with Gasteiger partial charge in [-0.15, -0.1) is 11.8 Å². The number of methoxy groups -OCH3 is 1. The summed E-state index contributed by atoms with van der Waals surface area (Å²) in [6, 6.07) is 3.32. The number of carbonyl (C=O) groups is 1. The molecule has 0 atom stereocenters. The average Bonchev–Trinajstić information content (AvgIpc) is 2.90. The maximum absolute atomic E-state index is 11.4. The summed E-state index contributed by atoms with van der Waals surface area (Å²) in [4.78, 5) is 15.7. The lowest BCUT2D eigenvalue weighted by Crippen LogP contribution is -2.07. The molecule has 1 aromatic heterocycles. The molecule has 0 saturated heterocycles. The summed E-state index contributed by atoms with van der Waals surface area (Å²) in [6.07, 6.45) is 5.25. The van der Waals surface area contributed by atoms with Gasteiger partial charge in [-0.1, -0.05) is 12.8 Å². The second-order valence-electron chi connectivity index (χ2n) is 4.54. The third kappa shape index (κ3) is 3.16. The molecule has 4 nitrogen and oxygen atoms in total. The molecule has 1 heterocycles. The first kappa shape index (κ1) is 13.2. The Morgan fingerprint density at radius 1 is 1.50 bits per heavy atom. The molecule has 18 heavy (non-hydrogen) atoms. The molecule has 0 bridgehead atoms. The Hall–Kier alpha value is -1.23. The van der Waals surface area contributed by atoms with Crippen LogP contribution in [0.1, 0.15) is 36.2 Å². The SMILES string of the molecule is COC(=O)c1ccc(N)c(SCC2CCCC2)n1. The zero-order valence-electron chi connectivity index (χ0n) is 10.5. The summed E-state index contributed by atoms with van der Waals surface area (Å²) in [7, 11) is 1.35. The maximum atomic E-state index is 11.4. The van der Waals surface area contributed by atoms with Crippen molar-refractivity contribution < 1.29 is 9.53 Å². The third-order valence-corrected chi connectivity index (χ3v) is 4.45. The van der Waals surface area contributed by atoms with E-state index in [1.165, 1.54) is 32.8 Å². The first-order valence-corrected chi connectivity index (χ1v) is 7.17.